The molecule has 0 heterocycles. The molecule has 1 aliphatic carbocycles. The van der Waals surface area contributed by atoms with E-state index in [4.69, 9.17) is 4.74 Å². The van der Waals surface area contributed by atoms with Crippen molar-refractivity contribution in [2.45, 2.75) is 44.1 Å². The second-order valence-electron chi connectivity index (χ2n) is 5.58. The summed E-state index contributed by atoms with van der Waals surface area (Å²) in [6, 6.07) is 7.27. The van der Waals surface area contributed by atoms with Crippen LogP contribution in [0.1, 0.15) is 44.1 Å². The van der Waals surface area contributed by atoms with Gasteiger partial charge in [-0.15, -0.1) is 0 Å². The van der Waals surface area contributed by atoms with Crippen LogP contribution in [0.25, 0.3) is 0 Å². The Balaban J connectivity index is 2.13. The third kappa shape index (κ3) is 3.17. The number of carboxylic acids is 1. The summed E-state index contributed by atoms with van der Waals surface area (Å²) in [5, 5.41) is 12.2. The first-order valence-electron chi connectivity index (χ1n) is 7.18. The number of ether oxygens (including phenoxy) is 1. The van der Waals surface area contributed by atoms with Crippen molar-refractivity contribution in [3.63, 3.8) is 0 Å². The number of benzene rings is 1. The van der Waals surface area contributed by atoms with Gasteiger partial charge in [-0.2, -0.15) is 0 Å². The number of hydrogen-bond donors (Lipinski definition) is 2. The van der Waals surface area contributed by atoms with Crippen LogP contribution in [0.2, 0.25) is 0 Å². The maximum atomic E-state index is 12.4. The summed E-state index contributed by atoms with van der Waals surface area (Å²) in [4.78, 5) is 23.9. The lowest BCUT2D eigenvalue weighted by Gasteiger charge is -2.27. The van der Waals surface area contributed by atoms with Crippen molar-refractivity contribution in [2.24, 2.45) is 0 Å². The van der Waals surface area contributed by atoms with Crippen LogP contribution in [0.5, 0.6) is 5.75 Å². The fourth-order valence-corrected chi connectivity index (χ4v) is 2.78. The predicted octanol–water partition coefficient (Wildman–Crippen LogP) is 2.31. The molecule has 1 aliphatic rings. The van der Waals surface area contributed by atoms with Gasteiger partial charge in [-0.1, -0.05) is 25.0 Å². The molecule has 1 aromatic carbocycles. The van der Waals surface area contributed by atoms with Crippen molar-refractivity contribution < 1.29 is 19.4 Å². The highest BCUT2D eigenvalue weighted by Crippen LogP contribution is 2.31. The Morgan fingerprint density at radius 2 is 2.00 bits per heavy atom. The molecule has 21 heavy (non-hydrogen) atoms. The normalized spacial score (nSPS) is 18.0. The Kier molecular flexibility index (Phi) is 4.50. The van der Waals surface area contributed by atoms with Crippen molar-refractivity contribution >= 4 is 11.9 Å². The molecule has 5 nitrogen and oxygen atoms in total. The van der Waals surface area contributed by atoms with E-state index in [1.54, 1.807) is 20.1 Å². The van der Waals surface area contributed by atoms with Gasteiger partial charge in [-0.25, -0.2) is 4.79 Å². The second kappa shape index (κ2) is 6.16. The largest absolute Gasteiger partial charge is 0.497 e. The summed E-state index contributed by atoms with van der Waals surface area (Å²) >= 11 is 0. The van der Waals surface area contributed by atoms with Crippen molar-refractivity contribution in [3.8, 4) is 5.75 Å². The molecule has 1 unspecified atom stereocenters. The van der Waals surface area contributed by atoms with E-state index in [2.05, 4.69) is 5.32 Å². The summed E-state index contributed by atoms with van der Waals surface area (Å²) in [6.07, 6.45) is 2.66. The van der Waals surface area contributed by atoms with E-state index >= 15 is 0 Å². The third-order valence-corrected chi connectivity index (χ3v) is 4.22. The number of aliphatic carboxylic acids is 1. The van der Waals surface area contributed by atoms with Crippen molar-refractivity contribution in [2.75, 3.05) is 7.11 Å². The second-order valence-corrected chi connectivity index (χ2v) is 5.58. The number of carbonyl (C=O) groups excluding carboxylic acids is 1. The maximum Gasteiger partial charge on any atom is 0.329 e. The SMILES string of the molecule is COc1cccc(C(C)C(=O)NC2(C(=O)O)CCCC2)c1. The highest BCUT2D eigenvalue weighted by Gasteiger charge is 2.43. The molecule has 0 saturated heterocycles. The molecule has 1 fully saturated rings. The van der Waals surface area contributed by atoms with Crippen LogP contribution in [0.4, 0.5) is 0 Å². The van der Waals surface area contributed by atoms with Gasteiger partial charge in [0.15, 0.2) is 0 Å². The fraction of sp³-hybridized carbons (Fsp3) is 0.500. The first kappa shape index (κ1) is 15.4. The summed E-state index contributed by atoms with van der Waals surface area (Å²) in [5.41, 5.74) is -0.283. The predicted molar refractivity (Wildman–Crippen MR) is 78.4 cm³/mol. The first-order valence-corrected chi connectivity index (χ1v) is 7.18. The van der Waals surface area contributed by atoms with Crippen LogP contribution in [0, 0.1) is 0 Å². The summed E-state index contributed by atoms with van der Waals surface area (Å²) in [7, 11) is 1.57. The molecule has 0 aliphatic heterocycles. The number of rotatable bonds is 5. The highest BCUT2D eigenvalue weighted by molar-refractivity contribution is 5.90. The molecule has 0 bridgehead atoms. The Hall–Kier alpha value is -2.04. The molecule has 2 rings (SSSR count). The van der Waals surface area contributed by atoms with Crippen LogP contribution in [-0.4, -0.2) is 29.6 Å². The monoisotopic (exact) mass is 291 g/mol. The zero-order valence-electron chi connectivity index (χ0n) is 12.4. The molecule has 0 spiro atoms. The van der Waals surface area contributed by atoms with E-state index < -0.39 is 17.4 Å². The Bertz CT molecular complexity index is 535. The molecule has 1 atom stereocenters. The average molecular weight is 291 g/mol. The van der Waals surface area contributed by atoms with Crippen LogP contribution in [0.3, 0.4) is 0 Å². The number of methoxy groups -OCH3 is 1. The van der Waals surface area contributed by atoms with Gasteiger partial charge in [-0.05, 0) is 37.5 Å². The number of carboxylic acid groups (broad SMARTS) is 1. The van der Waals surface area contributed by atoms with Crippen molar-refractivity contribution in [1.82, 2.24) is 5.32 Å². The van der Waals surface area contributed by atoms with Gasteiger partial charge in [0.2, 0.25) is 5.91 Å². The molecule has 114 valence electrons. The quantitative estimate of drug-likeness (QED) is 0.873. The number of carbonyl (C=O) groups is 2. The number of amides is 1. The molecule has 2 N–H and O–H groups in total. The molecule has 0 radical (unpaired) electrons. The lowest BCUT2D eigenvalue weighted by molar-refractivity contribution is -0.147. The fourth-order valence-electron chi connectivity index (χ4n) is 2.78. The summed E-state index contributed by atoms with van der Waals surface area (Å²) < 4.78 is 5.15. The number of hydrogen-bond acceptors (Lipinski definition) is 3. The van der Waals surface area contributed by atoms with Crippen molar-refractivity contribution in [1.29, 1.82) is 0 Å². The van der Waals surface area contributed by atoms with Crippen molar-refractivity contribution in [3.05, 3.63) is 29.8 Å². The first-order chi connectivity index (χ1) is 9.98. The van der Waals surface area contributed by atoms with Gasteiger partial charge in [0, 0.05) is 0 Å². The highest BCUT2D eigenvalue weighted by atomic mass is 16.5. The molecule has 1 saturated carbocycles. The van der Waals surface area contributed by atoms with E-state index in [9.17, 15) is 14.7 Å². The lowest BCUT2D eigenvalue weighted by Crippen LogP contribution is -2.53. The Morgan fingerprint density at radius 1 is 1.33 bits per heavy atom. The molecule has 5 heteroatoms. The van der Waals surface area contributed by atoms with E-state index in [-0.39, 0.29) is 5.91 Å². The Morgan fingerprint density at radius 3 is 2.57 bits per heavy atom. The van der Waals surface area contributed by atoms with E-state index in [0.29, 0.717) is 18.6 Å². The van der Waals surface area contributed by atoms with Gasteiger partial charge < -0.3 is 15.2 Å². The molecule has 0 aromatic heterocycles. The maximum absolute atomic E-state index is 12.4. The van der Waals surface area contributed by atoms with Crippen LogP contribution in [-0.2, 0) is 9.59 Å². The minimum atomic E-state index is -1.09. The topological polar surface area (TPSA) is 75.6 Å². The zero-order valence-corrected chi connectivity index (χ0v) is 12.4. The number of nitrogens with one attached hydrogen (secondary N) is 1. The molecule has 1 aromatic rings. The molecular weight excluding hydrogens is 270 g/mol. The average Bonchev–Trinajstić information content (AvgIpc) is 2.96. The van der Waals surface area contributed by atoms with Crippen LogP contribution in [0.15, 0.2) is 24.3 Å². The van der Waals surface area contributed by atoms with Gasteiger partial charge >= 0.3 is 5.97 Å². The molecular formula is C16H21NO4. The lowest BCUT2D eigenvalue weighted by atomic mass is 9.94. The standard InChI is InChI=1S/C16H21NO4/c1-11(12-6-5-7-13(10-12)21-2)14(18)17-16(15(19)20)8-3-4-9-16/h5-7,10-11H,3-4,8-9H2,1-2H3,(H,17,18)(H,19,20). The van der Waals surface area contributed by atoms with E-state index in [1.165, 1.54) is 0 Å². The summed E-state index contributed by atoms with van der Waals surface area (Å²) in [5.74, 6) is -0.934. The van der Waals surface area contributed by atoms with E-state index in [1.807, 2.05) is 18.2 Å². The zero-order chi connectivity index (χ0) is 15.5. The van der Waals surface area contributed by atoms with Gasteiger partial charge in [0.05, 0.1) is 13.0 Å². The summed E-state index contributed by atoms with van der Waals surface area (Å²) in [6.45, 7) is 1.77. The van der Waals surface area contributed by atoms with Crippen LogP contribution < -0.4 is 10.1 Å². The smallest absolute Gasteiger partial charge is 0.329 e. The van der Waals surface area contributed by atoms with Crippen LogP contribution >= 0.6 is 0 Å². The molecule has 1 amide bonds. The van der Waals surface area contributed by atoms with E-state index in [0.717, 1.165) is 18.4 Å². The minimum Gasteiger partial charge on any atom is -0.497 e. The minimum absolute atomic E-state index is 0.257. The Labute approximate surface area is 124 Å². The van der Waals surface area contributed by atoms with Gasteiger partial charge in [-0.3, -0.25) is 4.79 Å². The van der Waals surface area contributed by atoms with Gasteiger partial charge in [0.1, 0.15) is 11.3 Å². The van der Waals surface area contributed by atoms with Gasteiger partial charge in [0.25, 0.3) is 0 Å². The third-order valence-electron chi connectivity index (χ3n) is 4.22.